The highest BCUT2D eigenvalue weighted by molar-refractivity contribution is 6.32. The van der Waals surface area contributed by atoms with E-state index in [1.807, 2.05) is 32.9 Å². The molecule has 3 aromatic carbocycles. The number of nitrogens with zero attached hydrogens (tertiary/aromatic N) is 1. The Hall–Kier alpha value is -3.75. The molecule has 3 aromatic rings. The molecule has 6 heteroatoms. The van der Waals surface area contributed by atoms with E-state index >= 15 is 0 Å². The van der Waals surface area contributed by atoms with Crippen LogP contribution in [0, 0.1) is 25.2 Å². The number of halogens is 1. The molecule has 33 heavy (non-hydrogen) atoms. The molecule has 0 bridgehead atoms. The molecule has 0 saturated heterocycles. The molecule has 0 aromatic heterocycles. The second kappa shape index (κ2) is 11.2. The number of anilines is 1. The number of amides is 1. The predicted octanol–water partition coefficient (Wildman–Crippen LogP) is 6.48. The highest BCUT2D eigenvalue weighted by Gasteiger charge is 2.15. The maximum absolute atomic E-state index is 12.5. The van der Waals surface area contributed by atoms with Crippen molar-refractivity contribution in [2.45, 2.75) is 27.4 Å². The summed E-state index contributed by atoms with van der Waals surface area (Å²) in [5.41, 5.74) is 4.44. The van der Waals surface area contributed by atoms with Crippen LogP contribution < -0.4 is 14.8 Å². The molecule has 0 saturated carbocycles. The largest absolute Gasteiger partial charge is 0.490 e. The number of ether oxygens (including phenoxy) is 2. The van der Waals surface area contributed by atoms with Crippen LogP contribution in [0.5, 0.6) is 11.5 Å². The molecular formula is C27H25ClN2O3. The third-order valence-electron chi connectivity index (χ3n) is 4.70. The Morgan fingerprint density at radius 2 is 1.76 bits per heavy atom. The number of nitrogens with one attached hydrogen (secondary N) is 1. The summed E-state index contributed by atoms with van der Waals surface area (Å²) in [5.74, 6) is 0.358. The Kier molecular flexibility index (Phi) is 8.12. The van der Waals surface area contributed by atoms with Gasteiger partial charge in [-0.2, -0.15) is 5.26 Å². The van der Waals surface area contributed by atoms with Gasteiger partial charge < -0.3 is 14.8 Å². The number of benzene rings is 3. The lowest BCUT2D eigenvalue weighted by atomic mass is 10.1. The van der Waals surface area contributed by atoms with E-state index in [2.05, 4.69) is 23.5 Å². The van der Waals surface area contributed by atoms with Crippen molar-refractivity contribution in [3.63, 3.8) is 0 Å². The average molecular weight is 461 g/mol. The van der Waals surface area contributed by atoms with Crippen molar-refractivity contribution in [3.8, 4) is 17.6 Å². The van der Waals surface area contributed by atoms with Gasteiger partial charge in [-0.25, -0.2) is 0 Å². The normalized spacial score (nSPS) is 10.9. The van der Waals surface area contributed by atoms with E-state index in [4.69, 9.17) is 21.1 Å². The van der Waals surface area contributed by atoms with E-state index < -0.39 is 5.91 Å². The minimum absolute atomic E-state index is 0.0544. The molecular weight excluding hydrogens is 436 g/mol. The molecule has 0 spiro atoms. The van der Waals surface area contributed by atoms with E-state index in [-0.39, 0.29) is 5.57 Å². The van der Waals surface area contributed by atoms with Crippen LogP contribution in [-0.4, -0.2) is 12.5 Å². The van der Waals surface area contributed by atoms with Crippen molar-refractivity contribution >= 4 is 29.3 Å². The van der Waals surface area contributed by atoms with Crippen LogP contribution in [-0.2, 0) is 11.4 Å². The zero-order valence-corrected chi connectivity index (χ0v) is 19.6. The monoisotopic (exact) mass is 460 g/mol. The summed E-state index contributed by atoms with van der Waals surface area (Å²) in [7, 11) is 0. The summed E-state index contributed by atoms with van der Waals surface area (Å²) in [6.07, 6.45) is 1.47. The number of carbonyl (C=O) groups excluding carboxylic acids is 1. The van der Waals surface area contributed by atoms with Crippen molar-refractivity contribution in [2.24, 2.45) is 0 Å². The van der Waals surface area contributed by atoms with Crippen molar-refractivity contribution in [2.75, 3.05) is 11.9 Å². The van der Waals surface area contributed by atoms with Crippen LogP contribution in [0.25, 0.3) is 6.08 Å². The summed E-state index contributed by atoms with van der Waals surface area (Å²) in [5, 5.41) is 12.6. The first-order chi connectivity index (χ1) is 15.9. The van der Waals surface area contributed by atoms with Gasteiger partial charge in [-0.15, -0.1) is 0 Å². The van der Waals surface area contributed by atoms with Crippen LogP contribution in [0.1, 0.15) is 29.2 Å². The Bertz CT molecular complexity index is 1190. The molecule has 168 valence electrons. The first kappa shape index (κ1) is 23.9. The second-order valence-electron chi connectivity index (χ2n) is 7.54. The third kappa shape index (κ3) is 6.61. The molecule has 0 aliphatic heterocycles. The number of hydrogen-bond acceptors (Lipinski definition) is 4. The summed E-state index contributed by atoms with van der Waals surface area (Å²) in [4.78, 5) is 12.5. The van der Waals surface area contributed by atoms with Crippen LogP contribution in [0.4, 0.5) is 5.69 Å². The lowest BCUT2D eigenvalue weighted by Crippen LogP contribution is -2.13. The Morgan fingerprint density at radius 1 is 1.06 bits per heavy atom. The topological polar surface area (TPSA) is 71.3 Å². The van der Waals surface area contributed by atoms with Crippen molar-refractivity contribution in [1.82, 2.24) is 0 Å². The van der Waals surface area contributed by atoms with Crippen molar-refractivity contribution in [1.29, 1.82) is 5.26 Å². The lowest BCUT2D eigenvalue weighted by Gasteiger charge is -2.15. The van der Waals surface area contributed by atoms with Gasteiger partial charge in [-0.3, -0.25) is 4.79 Å². The Labute approximate surface area is 199 Å². The SMILES string of the molecule is CCOc1cc(/C=C(\C#N)C(=O)Nc2ccccc2)cc(Cl)c1OCc1cc(C)cc(C)c1. The molecule has 1 amide bonds. The van der Waals surface area contributed by atoms with Crippen LogP contribution in [0.3, 0.4) is 0 Å². The summed E-state index contributed by atoms with van der Waals surface area (Å²) >= 11 is 6.52. The van der Waals surface area contributed by atoms with E-state index in [0.717, 1.165) is 16.7 Å². The highest BCUT2D eigenvalue weighted by Crippen LogP contribution is 2.38. The van der Waals surface area contributed by atoms with Gasteiger partial charge in [0.15, 0.2) is 11.5 Å². The van der Waals surface area contributed by atoms with Gasteiger partial charge in [0.1, 0.15) is 18.2 Å². The van der Waals surface area contributed by atoms with Gasteiger partial charge in [0.25, 0.3) is 5.91 Å². The van der Waals surface area contributed by atoms with Crippen LogP contribution in [0.2, 0.25) is 5.02 Å². The first-order valence-electron chi connectivity index (χ1n) is 10.5. The molecule has 0 fully saturated rings. The van der Waals surface area contributed by atoms with Crippen molar-refractivity contribution in [3.05, 3.63) is 93.5 Å². The molecule has 1 N–H and O–H groups in total. The average Bonchev–Trinajstić information content (AvgIpc) is 2.77. The summed E-state index contributed by atoms with van der Waals surface area (Å²) in [6, 6.07) is 20.5. The maximum Gasteiger partial charge on any atom is 0.266 e. The number of aryl methyl sites for hydroxylation is 2. The maximum atomic E-state index is 12.5. The van der Waals surface area contributed by atoms with Gasteiger partial charge >= 0.3 is 0 Å². The molecule has 0 atom stereocenters. The van der Waals surface area contributed by atoms with Crippen molar-refractivity contribution < 1.29 is 14.3 Å². The lowest BCUT2D eigenvalue weighted by molar-refractivity contribution is -0.112. The molecule has 0 aliphatic carbocycles. The summed E-state index contributed by atoms with van der Waals surface area (Å²) < 4.78 is 11.8. The molecule has 0 unspecified atom stereocenters. The third-order valence-corrected chi connectivity index (χ3v) is 4.98. The molecule has 5 nitrogen and oxygen atoms in total. The van der Waals surface area contributed by atoms with Crippen LogP contribution >= 0.6 is 11.6 Å². The minimum atomic E-state index is -0.507. The highest BCUT2D eigenvalue weighted by atomic mass is 35.5. The number of hydrogen-bond donors (Lipinski definition) is 1. The number of rotatable bonds is 8. The Morgan fingerprint density at radius 3 is 2.39 bits per heavy atom. The molecule has 0 radical (unpaired) electrons. The fourth-order valence-corrected chi connectivity index (χ4v) is 3.69. The zero-order chi connectivity index (χ0) is 23.8. The summed E-state index contributed by atoms with van der Waals surface area (Å²) in [6.45, 7) is 6.68. The smallest absolute Gasteiger partial charge is 0.266 e. The number of para-hydroxylation sites is 1. The fraction of sp³-hybridized carbons (Fsp3) is 0.185. The van der Waals surface area contributed by atoms with E-state index in [1.54, 1.807) is 36.4 Å². The molecule has 0 aliphatic rings. The van der Waals surface area contributed by atoms with Gasteiger partial charge in [0.05, 0.1) is 11.6 Å². The van der Waals surface area contributed by atoms with Gasteiger partial charge in [-0.1, -0.05) is 59.1 Å². The van der Waals surface area contributed by atoms with E-state index in [0.29, 0.717) is 41.0 Å². The minimum Gasteiger partial charge on any atom is -0.490 e. The van der Waals surface area contributed by atoms with E-state index in [1.165, 1.54) is 6.08 Å². The van der Waals surface area contributed by atoms with E-state index in [9.17, 15) is 10.1 Å². The number of nitriles is 1. The predicted molar refractivity (Wildman–Crippen MR) is 132 cm³/mol. The van der Waals surface area contributed by atoms with Crippen LogP contribution in [0.15, 0.2) is 66.2 Å². The second-order valence-corrected chi connectivity index (χ2v) is 7.94. The van der Waals surface area contributed by atoms with Gasteiger partial charge in [0, 0.05) is 5.69 Å². The standard InChI is InChI=1S/C27H25ClN2O3/c1-4-32-25-15-20(13-22(16-29)27(31)30-23-8-6-5-7-9-23)14-24(28)26(25)33-17-21-11-18(2)10-19(3)12-21/h5-15H,4,17H2,1-3H3,(H,30,31)/b22-13+. The number of carbonyl (C=O) groups is 1. The molecule has 3 rings (SSSR count). The van der Waals surface area contributed by atoms with Gasteiger partial charge in [0.2, 0.25) is 0 Å². The quantitative estimate of drug-likeness (QED) is 0.308. The first-order valence-corrected chi connectivity index (χ1v) is 10.9. The zero-order valence-electron chi connectivity index (χ0n) is 18.8. The molecule has 0 heterocycles. The fourth-order valence-electron chi connectivity index (χ4n) is 3.42. The Balaban J connectivity index is 1.85. The van der Waals surface area contributed by atoms with Gasteiger partial charge in [-0.05, 0) is 62.2 Å².